The highest BCUT2D eigenvalue weighted by molar-refractivity contribution is 7.15. The average Bonchev–Trinajstić information content (AvgIpc) is 3.37. The number of rotatable bonds is 6. The molecule has 4 rings (SSSR count). The van der Waals surface area contributed by atoms with Crippen LogP contribution < -0.4 is 15.0 Å². The molecule has 2 amide bonds. The highest BCUT2D eigenvalue weighted by Gasteiger charge is 2.34. The second kappa shape index (κ2) is 8.85. The van der Waals surface area contributed by atoms with Crippen molar-refractivity contribution >= 4 is 34.0 Å². The molecule has 1 fully saturated rings. The summed E-state index contributed by atoms with van der Waals surface area (Å²) in [6.07, 6.45) is 0.628. The van der Waals surface area contributed by atoms with Gasteiger partial charge >= 0.3 is 0 Å². The Labute approximate surface area is 185 Å². The first-order valence-electron chi connectivity index (χ1n) is 10.1. The molecule has 160 valence electrons. The zero-order chi connectivity index (χ0) is 22.0. The third-order valence-corrected chi connectivity index (χ3v) is 6.49. The van der Waals surface area contributed by atoms with E-state index in [0.717, 1.165) is 27.6 Å². The van der Waals surface area contributed by atoms with E-state index in [2.05, 4.69) is 22.4 Å². The fourth-order valence-electron chi connectivity index (χ4n) is 3.56. The molecule has 8 heteroatoms. The molecule has 1 unspecified atom stereocenters. The molecule has 1 aliphatic rings. The minimum atomic E-state index is -0.160. The van der Waals surface area contributed by atoms with Gasteiger partial charge < -0.3 is 15.0 Å². The quantitative estimate of drug-likeness (QED) is 0.634. The lowest BCUT2D eigenvalue weighted by Crippen LogP contribution is -2.24. The third kappa shape index (κ3) is 4.74. The van der Waals surface area contributed by atoms with Gasteiger partial charge in [-0.15, -0.1) is 10.2 Å². The summed E-state index contributed by atoms with van der Waals surface area (Å²) in [5.74, 6) is 0.637. The van der Waals surface area contributed by atoms with Gasteiger partial charge in [0.05, 0.1) is 13.5 Å². The molecular weight excluding hydrogens is 412 g/mol. The van der Waals surface area contributed by atoms with Gasteiger partial charge in [0.2, 0.25) is 16.9 Å². The van der Waals surface area contributed by atoms with Gasteiger partial charge in [-0.2, -0.15) is 0 Å². The number of anilines is 2. The molecule has 0 spiro atoms. The predicted octanol–water partition coefficient (Wildman–Crippen LogP) is 3.87. The maximum Gasteiger partial charge on any atom is 0.230 e. The Kier molecular flexibility index (Phi) is 5.99. The zero-order valence-electron chi connectivity index (χ0n) is 17.7. The molecule has 0 bridgehead atoms. The van der Waals surface area contributed by atoms with Gasteiger partial charge in [-0.25, -0.2) is 0 Å². The van der Waals surface area contributed by atoms with E-state index in [-0.39, 0.29) is 24.2 Å². The smallest absolute Gasteiger partial charge is 0.230 e. The van der Waals surface area contributed by atoms with Crippen molar-refractivity contribution in [2.24, 2.45) is 0 Å². The topological polar surface area (TPSA) is 84.4 Å². The summed E-state index contributed by atoms with van der Waals surface area (Å²) in [6, 6.07) is 13.4. The molecule has 7 nitrogen and oxygen atoms in total. The first-order valence-corrected chi connectivity index (χ1v) is 10.9. The van der Waals surface area contributed by atoms with E-state index in [9.17, 15) is 9.59 Å². The van der Waals surface area contributed by atoms with Crippen molar-refractivity contribution < 1.29 is 14.3 Å². The van der Waals surface area contributed by atoms with Gasteiger partial charge in [-0.3, -0.25) is 9.59 Å². The van der Waals surface area contributed by atoms with E-state index >= 15 is 0 Å². The number of methoxy groups -OCH3 is 1. The van der Waals surface area contributed by atoms with E-state index in [4.69, 9.17) is 4.74 Å². The molecule has 0 radical (unpaired) electrons. The second-order valence-corrected chi connectivity index (χ2v) is 8.70. The van der Waals surface area contributed by atoms with E-state index in [0.29, 0.717) is 18.1 Å². The van der Waals surface area contributed by atoms with Gasteiger partial charge in [0.15, 0.2) is 0 Å². The summed E-state index contributed by atoms with van der Waals surface area (Å²) in [5.41, 5.74) is 4.15. The lowest BCUT2D eigenvalue weighted by Gasteiger charge is -2.17. The van der Waals surface area contributed by atoms with E-state index in [1.54, 1.807) is 12.0 Å². The first-order chi connectivity index (χ1) is 14.9. The lowest BCUT2D eigenvalue weighted by atomic mass is 10.1. The lowest BCUT2D eigenvalue weighted by molar-refractivity contribution is -0.117. The van der Waals surface area contributed by atoms with Crippen LogP contribution in [0.1, 0.15) is 34.0 Å². The van der Waals surface area contributed by atoms with Crippen LogP contribution >= 0.6 is 11.3 Å². The number of aromatic nitrogens is 2. The number of hydrogen-bond acceptors (Lipinski definition) is 6. The normalized spacial score (nSPS) is 15.9. The Bertz CT molecular complexity index is 1110. The van der Waals surface area contributed by atoms with Gasteiger partial charge in [0.1, 0.15) is 10.8 Å². The first kappa shape index (κ1) is 21.0. The van der Waals surface area contributed by atoms with Crippen molar-refractivity contribution in [2.45, 2.75) is 32.6 Å². The summed E-state index contributed by atoms with van der Waals surface area (Å²) < 4.78 is 5.13. The molecule has 2 heterocycles. The fourth-order valence-corrected chi connectivity index (χ4v) is 4.41. The molecule has 1 saturated heterocycles. The number of carbonyl (C=O) groups excluding carboxylic acids is 2. The second-order valence-electron chi connectivity index (χ2n) is 7.69. The largest absolute Gasteiger partial charge is 0.497 e. The number of hydrogen-bond donors (Lipinski definition) is 1. The number of nitrogens with one attached hydrogen (secondary N) is 1. The Morgan fingerprint density at radius 2 is 1.94 bits per heavy atom. The summed E-state index contributed by atoms with van der Waals surface area (Å²) >= 11 is 1.33. The maximum atomic E-state index is 12.6. The van der Waals surface area contributed by atoms with Crippen LogP contribution in [-0.2, 0) is 16.0 Å². The molecule has 0 aliphatic carbocycles. The van der Waals surface area contributed by atoms with Crippen molar-refractivity contribution in [1.82, 2.24) is 10.2 Å². The van der Waals surface area contributed by atoms with Gasteiger partial charge in [-0.05, 0) is 54.8 Å². The van der Waals surface area contributed by atoms with Crippen LogP contribution in [0.5, 0.6) is 5.75 Å². The van der Waals surface area contributed by atoms with Crippen LogP contribution in [0.3, 0.4) is 0 Å². The van der Waals surface area contributed by atoms with E-state index in [1.165, 1.54) is 16.9 Å². The van der Waals surface area contributed by atoms with Crippen LogP contribution in [0.15, 0.2) is 42.5 Å². The zero-order valence-corrected chi connectivity index (χ0v) is 18.5. The molecular formula is C23H24N4O3S. The number of amides is 2. The van der Waals surface area contributed by atoms with Crippen molar-refractivity contribution in [3.8, 4) is 5.75 Å². The van der Waals surface area contributed by atoms with Crippen LogP contribution in [0.4, 0.5) is 10.8 Å². The number of aryl methyl sites for hydroxylation is 2. The van der Waals surface area contributed by atoms with Gasteiger partial charge in [0, 0.05) is 24.6 Å². The van der Waals surface area contributed by atoms with Crippen molar-refractivity contribution in [1.29, 1.82) is 0 Å². The summed E-state index contributed by atoms with van der Waals surface area (Å²) in [5, 5.41) is 12.4. The summed E-state index contributed by atoms with van der Waals surface area (Å²) in [4.78, 5) is 26.7. The fraction of sp³-hybridized carbons (Fsp3) is 0.304. The SMILES string of the molecule is COc1ccc(CC(=O)Nc2nnc(C3CC(=O)N(c4ccc(C)c(C)c4)C3)s2)cc1. The maximum absolute atomic E-state index is 12.6. The highest BCUT2D eigenvalue weighted by Crippen LogP contribution is 2.34. The van der Waals surface area contributed by atoms with Crippen LogP contribution in [-0.4, -0.2) is 35.7 Å². The number of carbonyl (C=O) groups is 2. The summed E-state index contributed by atoms with van der Waals surface area (Å²) in [6.45, 7) is 4.66. The number of ether oxygens (including phenoxy) is 1. The highest BCUT2D eigenvalue weighted by atomic mass is 32.1. The summed E-state index contributed by atoms with van der Waals surface area (Å²) in [7, 11) is 1.60. The minimum absolute atomic E-state index is 0.0288. The Balaban J connectivity index is 1.38. The van der Waals surface area contributed by atoms with Gasteiger partial charge in [-0.1, -0.05) is 29.5 Å². The van der Waals surface area contributed by atoms with E-state index < -0.39 is 0 Å². The Hall–Kier alpha value is -3.26. The Morgan fingerprint density at radius 3 is 2.65 bits per heavy atom. The number of benzene rings is 2. The van der Waals surface area contributed by atoms with Crippen LogP contribution in [0, 0.1) is 13.8 Å². The van der Waals surface area contributed by atoms with E-state index in [1.807, 2.05) is 49.4 Å². The average molecular weight is 437 g/mol. The molecule has 3 aromatic rings. The molecule has 1 aromatic heterocycles. The monoisotopic (exact) mass is 436 g/mol. The molecule has 2 aromatic carbocycles. The molecule has 31 heavy (non-hydrogen) atoms. The molecule has 0 saturated carbocycles. The minimum Gasteiger partial charge on any atom is -0.497 e. The number of nitrogens with zero attached hydrogens (tertiary/aromatic N) is 3. The predicted molar refractivity (Wildman–Crippen MR) is 121 cm³/mol. The van der Waals surface area contributed by atoms with Crippen molar-refractivity contribution in [3.63, 3.8) is 0 Å². The standard InChI is InChI=1S/C23H24N4O3S/c1-14-4-7-18(10-15(14)2)27-13-17(12-21(27)29)22-25-26-23(31-22)24-20(28)11-16-5-8-19(30-3)9-6-16/h4-10,17H,11-13H2,1-3H3,(H,24,26,28). The Morgan fingerprint density at radius 1 is 1.16 bits per heavy atom. The van der Waals surface area contributed by atoms with Crippen LogP contribution in [0.2, 0.25) is 0 Å². The van der Waals surface area contributed by atoms with Crippen molar-refractivity contribution in [3.05, 3.63) is 64.2 Å². The van der Waals surface area contributed by atoms with Crippen LogP contribution in [0.25, 0.3) is 0 Å². The van der Waals surface area contributed by atoms with Gasteiger partial charge in [0.25, 0.3) is 0 Å². The van der Waals surface area contributed by atoms with Crippen molar-refractivity contribution in [2.75, 3.05) is 23.9 Å². The third-order valence-electron chi connectivity index (χ3n) is 5.49. The molecule has 1 aliphatic heterocycles. The molecule has 1 atom stereocenters. The molecule has 1 N–H and O–H groups in total.